The van der Waals surface area contributed by atoms with Crippen molar-refractivity contribution in [1.29, 1.82) is 0 Å². The van der Waals surface area contributed by atoms with Crippen molar-refractivity contribution in [3.8, 4) is 11.5 Å². The van der Waals surface area contributed by atoms with Crippen molar-refractivity contribution in [3.63, 3.8) is 0 Å². The lowest BCUT2D eigenvalue weighted by Gasteiger charge is -2.32. The van der Waals surface area contributed by atoms with Crippen LogP contribution in [0.3, 0.4) is 0 Å². The lowest BCUT2D eigenvalue weighted by atomic mass is 10.0. The molecule has 1 fully saturated rings. The molecule has 0 radical (unpaired) electrons. The number of hydrogen-bond donors (Lipinski definition) is 0. The maximum atomic E-state index is 12.8. The standard InChI is InChI=1S/C18H24N2O3/c1-19-10-5-4-6-13(19)12-20-11-9-14-15(18(20)21)7-8-16(22-2)17(14)23-3/h7-9,11,13H,4-6,10,12H2,1-3H3. The highest BCUT2D eigenvalue weighted by Gasteiger charge is 2.20. The zero-order valence-electron chi connectivity index (χ0n) is 14.0. The first kappa shape index (κ1) is 15.9. The number of hydrogen-bond acceptors (Lipinski definition) is 4. The average molecular weight is 316 g/mol. The third kappa shape index (κ3) is 2.93. The first-order valence-corrected chi connectivity index (χ1v) is 8.10. The molecular weight excluding hydrogens is 292 g/mol. The number of ether oxygens (including phenoxy) is 2. The lowest BCUT2D eigenvalue weighted by Crippen LogP contribution is -2.41. The molecule has 2 aromatic rings. The van der Waals surface area contributed by atoms with Crippen molar-refractivity contribution >= 4 is 10.8 Å². The third-order valence-electron chi connectivity index (χ3n) is 4.83. The number of rotatable bonds is 4. The van der Waals surface area contributed by atoms with Crippen LogP contribution in [0.25, 0.3) is 10.8 Å². The Labute approximate surface area is 136 Å². The normalized spacial score (nSPS) is 19.0. The van der Waals surface area contributed by atoms with Gasteiger partial charge in [0.15, 0.2) is 11.5 Å². The molecule has 1 aliphatic heterocycles. The van der Waals surface area contributed by atoms with Gasteiger partial charge in [0.1, 0.15) is 0 Å². The lowest BCUT2D eigenvalue weighted by molar-refractivity contribution is 0.166. The summed E-state index contributed by atoms with van der Waals surface area (Å²) < 4.78 is 12.6. The summed E-state index contributed by atoms with van der Waals surface area (Å²) in [6.07, 6.45) is 5.50. The molecule has 3 rings (SSSR count). The van der Waals surface area contributed by atoms with E-state index in [2.05, 4.69) is 11.9 Å². The molecule has 124 valence electrons. The van der Waals surface area contributed by atoms with E-state index in [1.807, 2.05) is 22.9 Å². The van der Waals surface area contributed by atoms with E-state index >= 15 is 0 Å². The molecule has 0 N–H and O–H groups in total. The molecule has 0 amide bonds. The maximum absolute atomic E-state index is 12.8. The fourth-order valence-corrected chi connectivity index (χ4v) is 3.44. The number of piperidine rings is 1. The summed E-state index contributed by atoms with van der Waals surface area (Å²) in [5.74, 6) is 1.26. The van der Waals surface area contributed by atoms with Crippen LogP contribution < -0.4 is 15.0 Å². The molecule has 1 atom stereocenters. The molecule has 1 aromatic heterocycles. The number of fused-ring (bicyclic) bond motifs is 1. The average Bonchev–Trinajstić information content (AvgIpc) is 2.58. The number of aromatic nitrogens is 1. The minimum Gasteiger partial charge on any atom is -0.493 e. The largest absolute Gasteiger partial charge is 0.493 e. The van der Waals surface area contributed by atoms with Gasteiger partial charge in [0.05, 0.1) is 19.6 Å². The molecule has 1 unspecified atom stereocenters. The number of pyridine rings is 1. The highest BCUT2D eigenvalue weighted by atomic mass is 16.5. The Hall–Kier alpha value is -2.01. The number of likely N-dealkylation sites (tertiary alicyclic amines) is 1. The van der Waals surface area contributed by atoms with E-state index in [-0.39, 0.29) is 5.56 Å². The first-order valence-electron chi connectivity index (χ1n) is 8.10. The van der Waals surface area contributed by atoms with Crippen LogP contribution in [-0.2, 0) is 6.54 Å². The van der Waals surface area contributed by atoms with Crippen LogP contribution in [0.1, 0.15) is 19.3 Å². The summed E-state index contributed by atoms with van der Waals surface area (Å²) >= 11 is 0. The van der Waals surface area contributed by atoms with Crippen LogP contribution in [0, 0.1) is 0 Å². The van der Waals surface area contributed by atoms with E-state index in [0.29, 0.717) is 22.9 Å². The van der Waals surface area contributed by atoms with Crippen molar-refractivity contribution < 1.29 is 9.47 Å². The highest BCUT2D eigenvalue weighted by molar-refractivity contribution is 5.90. The van der Waals surface area contributed by atoms with E-state index < -0.39 is 0 Å². The second-order valence-electron chi connectivity index (χ2n) is 6.17. The molecule has 1 aromatic carbocycles. The van der Waals surface area contributed by atoms with Gasteiger partial charge < -0.3 is 18.9 Å². The van der Waals surface area contributed by atoms with Gasteiger partial charge in [0.25, 0.3) is 5.56 Å². The molecule has 0 saturated carbocycles. The molecule has 5 heteroatoms. The van der Waals surface area contributed by atoms with Gasteiger partial charge in [-0.15, -0.1) is 0 Å². The predicted octanol–water partition coefficient (Wildman–Crippen LogP) is 2.50. The molecule has 23 heavy (non-hydrogen) atoms. The van der Waals surface area contributed by atoms with Crippen LogP contribution in [0.2, 0.25) is 0 Å². The topological polar surface area (TPSA) is 43.7 Å². The van der Waals surface area contributed by atoms with Crippen LogP contribution in [-0.4, -0.2) is 43.3 Å². The van der Waals surface area contributed by atoms with E-state index in [4.69, 9.17) is 9.47 Å². The van der Waals surface area contributed by atoms with Crippen molar-refractivity contribution in [2.45, 2.75) is 31.8 Å². The van der Waals surface area contributed by atoms with Gasteiger partial charge in [0, 0.05) is 24.2 Å². The predicted molar refractivity (Wildman–Crippen MR) is 91.6 cm³/mol. The Morgan fingerprint density at radius 3 is 2.65 bits per heavy atom. The second kappa shape index (κ2) is 6.62. The highest BCUT2D eigenvalue weighted by Crippen LogP contribution is 2.33. The van der Waals surface area contributed by atoms with Gasteiger partial charge in [0.2, 0.25) is 0 Å². The Kier molecular flexibility index (Phi) is 4.57. The summed E-state index contributed by atoms with van der Waals surface area (Å²) in [6, 6.07) is 5.99. The fraction of sp³-hybridized carbons (Fsp3) is 0.500. The van der Waals surface area contributed by atoms with E-state index in [1.54, 1.807) is 20.3 Å². The SMILES string of the molecule is COc1ccc2c(=O)n(CC3CCCCN3C)ccc2c1OC. The Bertz CT molecular complexity index is 754. The Morgan fingerprint density at radius 2 is 1.96 bits per heavy atom. The van der Waals surface area contributed by atoms with Gasteiger partial charge in [-0.1, -0.05) is 6.42 Å². The Morgan fingerprint density at radius 1 is 1.13 bits per heavy atom. The Balaban J connectivity index is 2.00. The minimum atomic E-state index is 0.0300. The molecule has 0 spiro atoms. The van der Waals surface area contributed by atoms with Gasteiger partial charge in [-0.3, -0.25) is 4.79 Å². The molecule has 1 aliphatic rings. The quantitative estimate of drug-likeness (QED) is 0.869. The van der Waals surface area contributed by atoms with E-state index in [9.17, 15) is 4.79 Å². The molecular formula is C18H24N2O3. The number of benzene rings is 1. The van der Waals surface area contributed by atoms with Crippen LogP contribution in [0.15, 0.2) is 29.2 Å². The number of nitrogens with zero attached hydrogens (tertiary/aromatic N) is 2. The molecule has 0 bridgehead atoms. The van der Waals surface area contributed by atoms with Crippen molar-refractivity contribution in [2.24, 2.45) is 0 Å². The van der Waals surface area contributed by atoms with Crippen LogP contribution in [0.4, 0.5) is 0 Å². The monoisotopic (exact) mass is 316 g/mol. The summed E-state index contributed by atoms with van der Waals surface area (Å²) in [4.78, 5) is 15.2. The minimum absolute atomic E-state index is 0.0300. The molecule has 2 heterocycles. The third-order valence-corrected chi connectivity index (χ3v) is 4.83. The van der Waals surface area contributed by atoms with E-state index in [1.165, 1.54) is 12.8 Å². The van der Waals surface area contributed by atoms with Crippen molar-refractivity contribution in [2.75, 3.05) is 27.8 Å². The maximum Gasteiger partial charge on any atom is 0.258 e. The van der Waals surface area contributed by atoms with E-state index in [0.717, 1.165) is 24.9 Å². The summed E-state index contributed by atoms with van der Waals surface area (Å²) in [7, 11) is 5.34. The molecule has 1 saturated heterocycles. The van der Waals surface area contributed by atoms with Crippen molar-refractivity contribution in [3.05, 3.63) is 34.7 Å². The second-order valence-corrected chi connectivity index (χ2v) is 6.17. The summed E-state index contributed by atoms with van der Waals surface area (Å²) in [5, 5.41) is 1.47. The molecule has 0 aliphatic carbocycles. The van der Waals surface area contributed by atoms with Crippen molar-refractivity contribution in [1.82, 2.24) is 9.47 Å². The zero-order valence-corrected chi connectivity index (χ0v) is 14.0. The summed E-state index contributed by atoms with van der Waals surface area (Å²) in [5.41, 5.74) is 0.0300. The smallest absolute Gasteiger partial charge is 0.258 e. The van der Waals surface area contributed by atoms with Gasteiger partial charge in [-0.25, -0.2) is 0 Å². The van der Waals surface area contributed by atoms with Crippen LogP contribution >= 0.6 is 0 Å². The number of methoxy groups -OCH3 is 2. The van der Waals surface area contributed by atoms with Crippen LogP contribution in [0.5, 0.6) is 11.5 Å². The summed E-state index contributed by atoms with van der Waals surface area (Å²) in [6.45, 7) is 1.84. The van der Waals surface area contributed by atoms with Gasteiger partial charge in [-0.05, 0) is 44.6 Å². The zero-order chi connectivity index (χ0) is 16.4. The first-order chi connectivity index (χ1) is 11.2. The fourth-order valence-electron chi connectivity index (χ4n) is 3.44. The molecule has 5 nitrogen and oxygen atoms in total. The van der Waals surface area contributed by atoms with Gasteiger partial charge >= 0.3 is 0 Å². The number of likely N-dealkylation sites (N-methyl/N-ethyl adjacent to an activating group) is 1. The van der Waals surface area contributed by atoms with Gasteiger partial charge in [-0.2, -0.15) is 0 Å².